The van der Waals surface area contributed by atoms with E-state index in [4.69, 9.17) is 30.3 Å². The fourth-order valence-electron chi connectivity index (χ4n) is 0. The quantitative estimate of drug-likeness (QED) is 0.345. The van der Waals surface area contributed by atoms with Gasteiger partial charge in [-0.05, 0) is 6.16 Å². The molecule has 7 nitrogen and oxygen atoms in total. The van der Waals surface area contributed by atoms with Gasteiger partial charge in [0.25, 0.3) is 0 Å². The van der Waals surface area contributed by atoms with Crippen LogP contribution in [0.15, 0.2) is 0 Å². The van der Waals surface area contributed by atoms with Crippen molar-refractivity contribution in [3.8, 4) is 0 Å². The van der Waals surface area contributed by atoms with Gasteiger partial charge in [-0.1, -0.05) is 0 Å². The fraction of sp³-hybridized carbons (Fsp3) is 0. The fourth-order valence-corrected chi connectivity index (χ4v) is 0. The van der Waals surface area contributed by atoms with Crippen molar-refractivity contribution in [2.45, 2.75) is 0 Å². The zero-order valence-corrected chi connectivity index (χ0v) is 7.68. The van der Waals surface area contributed by atoms with Gasteiger partial charge in [0.05, 0.1) is 5.09 Å². The Morgan fingerprint density at radius 1 is 1.22 bits per heavy atom. The molecule has 0 saturated heterocycles. The molecule has 0 bridgehead atoms. The van der Waals surface area contributed by atoms with Crippen molar-refractivity contribution >= 4 is 6.16 Å². The monoisotopic (exact) mass is 263 g/mol. The van der Waals surface area contributed by atoms with Crippen LogP contribution in [-0.4, -0.2) is 11.2 Å². The van der Waals surface area contributed by atoms with E-state index in [1.54, 1.807) is 0 Å². The molecule has 0 atom stereocenters. The molecular weight excluding hydrogens is 263 g/mol. The number of hydrogen-bond acceptors (Lipinski definition) is 6. The van der Waals surface area contributed by atoms with E-state index in [9.17, 15) is 0 Å². The second kappa shape index (κ2) is 10.7. The normalized spacial score (nSPS) is 5.33. The molecule has 0 aromatic heterocycles. The van der Waals surface area contributed by atoms with Crippen LogP contribution in [0.4, 0.5) is 4.79 Å². The summed E-state index contributed by atoms with van der Waals surface area (Å²) in [6.07, 6.45) is -2.33. The SMILES string of the molecule is O=C([O-])[O-].O=[N+]([O-])[O-].[Pr+3]. The first-order chi connectivity index (χ1) is 3.46. The van der Waals surface area contributed by atoms with Gasteiger partial charge in [-0.25, -0.2) is 0 Å². The van der Waals surface area contributed by atoms with Crippen molar-refractivity contribution in [3.05, 3.63) is 15.3 Å². The molecule has 0 aliphatic carbocycles. The average molecular weight is 263 g/mol. The van der Waals surface area contributed by atoms with E-state index < -0.39 is 11.2 Å². The van der Waals surface area contributed by atoms with Crippen molar-refractivity contribution in [1.29, 1.82) is 0 Å². The van der Waals surface area contributed by atoms with Gasteiger partial charge in [0.1, 0.15) is 0 Å². The van der Waals surface area contributed by atoms with Crippen LogP contribution >= 0.6 is 0 Å². The van der Waals surface area contributed by atoms with E-state index in [0.717, 1.165) is 0 Å². The van der Waals surface area contributed by atoms with E-state index in [1.165, 1.54) is 0 Å². The number of rotatable bonds is 0. The molecule has 8 heteroatoms. The maximum atomic E-state index is 8.33. The minimum atomic E-state index is -2.33. The predicted molar refractivity (Wildman–Crippen MR) is 15.8 cm³/mol. The first-order valence-electron chi connectivity index (χ1n) is 1.16. The molecule has 0 amide bonds. The molecule has 48 valence electrons. The molecule has 9 heavy (non-hydrogen) atoms. The van der Waals surface area contributed by atoms with Crippen LogP contribution in [0.1, 0.15) is 0 Å². The summed E-state index contributed by atoms with van der Waals surface area (Å²) in [7, 11) is 0. The summed E-state index contributed by atoms with van der Waals surface area (Å²) in [6, 6.07) is 0. The third-order valence-corrected chi connectivity index (χ3v) is 0. The minimum absolute atomic E-state index is 0. The number of carboxylic acid groups (broad SMARTS) is 2. The second-order valence-corrected chi connectivity index (χ2v) is 0.474. The van der Waals surface area contributed by atoms with Gasteiger partial charge < -0.3 is 30.3 Å². The Kier molecular flexibility index (Phi) is 19.0. The molecule has 0 aliphatic heterocycles. The summed E-state index contributed by atoms with van der Waals surface area (Å²) in [5.74, 6) is 0. The number of hydrogen-bond donors (Lipinski definition) is 0. The summed E-state index contributed by atoms with van der Waals surface area (Å²) >= 11 is 0. The van der Waals surface area contributed by atoms with Crippen molar-refractivity contribution in [2.24, 2.45) is 0 Å². The average Bonchev–Trinajstić information content (AvgIpc) is 1.25. The Morgan fingerprint density at radius 3 is 1.22 bits per heavy atom. The molecule has 0 N–H and O–H groups in total. The van der Waals surface area contributed by atoms with Gasteiger partial charge in [-0.3, -0.25) is 0 Å². The molecule has 0 spiro atoms. The number of carbonyl (C=O) groups is 1. The molecular formula is CNO6Pr. The van der Waals surface area contributed by atoms with Gasteiger partial charge >= 0.3 is 41.3 Å². The van der Waals surface area contributed by atoms with Crippen LogP contribution in [-0.2, 0) is 0 Å². The Hall–Kier alpha value is -0.166. The molecule has 0 aromatic carbocycles. The van der Waals surface area contributed by atoms with Gasteiger partial charge in [0.15, 0.2) is 0 Å². The van der Waals surface area contributed by atoms with Crippen molar-refractivity contribution in [2.75, 3.05) is 0 Å². The molecule has 0 heterocycles. The molecule has 0 unspecified atom stereocenters. The molecule has 0 aromatic rings. The third-order valence-electron chi connectivity index (χ3n) is 0. The van der Waals surface area contributed by atoms with Gasteiger partial charge in [0, 0.05) is 0 Å². The van der Waals surface area contributed by atoms with Crippen molar-refractivity contribution < 1.29 is 61.4 Å². The van der Waals surface area contributed by atoms with Gasteiger partial charge in [0.2, 0.25) is 0 Å². The van der Waals surface area contributed by atoms with E-state index in [1.807, 2.05) is 0 Å². The smallest absolute Gasteiger partial charge is 0.652 e. The van der Waals surface area contributed by atoms with Crippen LogP contribution in [0, 0.1) is 56.6 Å². The van der Waals surface area contributed by atoms with Crippen molar-refractivity contribution in [1.82, 2.24) is 0 Å². The van der Waals surface area contributed by atoms with Gasteiger partial charge in [-0.15, -0.1) is 0 Å². The van der Waals surface area contributed by atoms with Crippen LogP contribution in [0.3, 0.4) is 0 Å². The van der Waals surface area contributed by atoms with Crippen LogP contribution < -0.4 is 10.2 Å². The Bertz CT molecular complexity index is 71.1. The Labute approximate surface area is 82.4 Å². The topological polar surface area (TPSA) is 129 Å². The molecule has 0 fully saturated rings. The molecule has 0 rings (SSSR count). The number of nitrogens with zero attached hydrogens (tertiary/aromatic N) is 1. The summed E-state index contributed by atoms with van der Waals surface area (Å²) in [5.41, 5.74) is 0. The maximum absolute atomic E-state index is 8.33. The predicted octanol–water partition coefficient (Wildman–Crippen LogP) is -2.69. The first-order valence-corrected chi connectivity index (χ1v) is 1.16. The van der Waals surface area contributed by atoms with E-state index >= 15 is 0 Å². The summed E-state index contributed by atoms with van der Waals surface area (Å²) < 4.78 is 0. The Morgan fingerprint density at radius 2 is 1.22 bits per heavy atom. The van der Waals surface area contributed by atoms with Crippen molar-refractivity contribution in [3.63, 3.8) is 0 Å². The second-order valence-electron chi connectivity index (χ2n) is 0.474. The van der Waals surface area contributed by atoms with E-state index in [0.29, 0.717) is 0 Å². The molecule has 0 aliphatic rings. The first kappa shape index (κ1) is 15.9. The molecule has 0 radical (unpaired) electrons. The minimum Gasteiger partial charge on any atom is -0.652 e. The maximum Gasteiger partial charge on any atom is 3.00 e. The summed E-state index contributed by atoms with van der Waals surface area (Å²) in [4.78, 5) is 16.6. The standard InChI is InChI=1S/CH2O3.NO3.Pr/c2*2-1(3)4;/h(H2,2,3,4);;/q;-1;+3/p-2. The summed E-state index contributed by atoms with van der Waals surface area (Å²) in [5, 5.41) is 31.4. The third kappa shape index (κ3) is 9630. The van der Waals surface area contributed by atoms with Gasteiger partial charge in [-0.2, -0.15) is 0 Å². The molecule has 0 saturated carbocycles. The Balaban J connectivity index is -0.0000000720. The van der Waals surface area contributed by atoms with Crippen LogP contribution in [0.2, 0.25) is 0 Å². The van der Waals surface area contributed by atoms with Crippen LogP contribution in [0.5, 0.6) is 0 Å². The van der Waals surface area contributed by atoms with Crippen LogP contribution in [0.25, 0.3) is 0 Å². The number of carbonyl (C=O) groups excluding carboxylic acids is 1. The summed E-state index contributed by atoms with van der Waals surface area (Å²) in [6.45, 7) is 0. The largest absolute Gasteiger partial charge is 3.00 e. The van der Waals surface area contributed by atoms with E-state index in [2.05, 4.69) is 0 Å². The zero-order valence-electron chi connectivity index (χ0n) is 3.97. The zero-order chi connectivity index (χ0) is 7.15. The van der Waals surface area contributed by atoms with E-state index in [-0.39, 0.29) is 41.3 Å².